The van der Waals surface area contributed by atoms with Crippen LogP contribution in [0.2, 0.25) is 0 Å². The first-order valence-corrected chi connectivity index (χ1v) is 7.03. The first kappa shape index (κ1) is 14.4. The van der Waals surface area contributed by atoms with Crippen LogP contribution in [0.15, 0.2) is 45.5 Å². The maximum Gasteiger partial charge on any atom is 0.173 e. The van der Waals surface area contributed by atoms with Crippen molar-refractivity contribution < 1.29 is 5.21 Å². The number of nitrogens with zero attached hydrogens (tertiary/aromatic N) is 2. The Morgan fingerprint density at radius 3 is 2.55 bits per heavy atom. The van der Waals surface area contributed by atoms with Crippen LogP contribution >= 0.6 is 11.8 Å². The van der Waals surface area contributed by atoms with Gasteiger partial charge in [-0.1, -0.05) is 23.0 Å². The third kappa shape index (κ3) is 2.93. The first-order valence-electron chi connectivity index (χ1n) is 6.21. The lowest BCUT2D eigenvalue weighted by atomic mass is 10.1. The number of aromatic nitrogens is 1. The molecule has 2 rings (SSSR count). The van der Waals surface area contributed by atoms with Crippen molar-refractivity contribution in [2.75, 3.05) is 0 Å². The Kier molecular flexibility index (Phi) is 4.29. The minimum atomic E-state index is 0.0851. The molecule has 0 amide bonds. The van der Waals surface area contributed by atoms with Gasteiger partial charge in [-0.15, -0.1) is 0 Å². The molecule has 1 heterocycles. The van der Waals surface area contributed by atoms with E-state index in [9.17, 15) is 0 Å². The summed E-state index contributed by atoms with van der Waals surface area (Å²) in [5.74, 6) is 0.0851. The number of nitrogens with two attached hydrogens (primary N) is 1. The average Bonchev–Trinajstić information content (AvgIpc) is 2.42. The molecule has 1 aromatic carbocycles. The molecule has 0 atom stereocenters. The van der Waals surface area contributed by atoms with E-state index in [0.717, 1.165) is 15.5 Å². The zero-order valence-electron chi connectivity index (χ0n) is 11.7. The Morgan fingerprint density at radius 2 is 1.90 bits per heavy atom. The van der Waals surface area contributed by atoms with Crippen LogP contribution in [0.4, 0.5) is 0 Å². The Bertz CT molecular complexity index is 668. The van der Waals surface area contributed by atoms with E-state index in [4.69, 9.17) is 10.9 Å². The van der Waals surface area contributed by atoms with Gasteiger partial charge >= 0.3 is 0 Å². The van der Waals surface area contributed by atoms with Crippen LogP contribution in [0, 0.1) is 20.8 Å². The lowest BCUT2D eigenvalue weighted by Gasteiger charge is -2.10. The topological polar surface area (TPSA) is 71.5 Å². The molecule has 5 heteroatoms. The fraction of sp³-hybridized carbons (Fsp3) is 0.200. The Morgan fingerprint density at radius 1 is 1.15 bits per heavy atom. The average molecular weight is 287 g/mol. The highest BCUT2D eigenvalue weighted by molar-refractivity contribution is 7.99. The summed E-state index contributed by atoms with van der Waals surface area (Å²) in [6.07, 6.45) is 1.73. The van der Waals surface area contributed by atoms with Crippen molar-refractivity contribution in [2.24, 2.45) is 10.9 Å². The second-order valence-electron chi connectivity index (χ2n) is 4.64. The maximum absolute atomic E-state index is 8.91. The van der Waals surface area contributed by atoms with E-state index in [1.165, 1.54) is 22.9 Å². The van der Waals surface area contributed by atoms with Gasteiger partial charge in [0.2, 0.25) is 0 Å². The van der Waals surface area contributed by atoms with E-state index in [1.54, 1.807) is 6.20 Å². The smallest absolute Gasteiger partial charge is 0.173 e. The van der Waals surface area contributed by atoms with Crippen molar-refractivity contribution in [3.8, 4) is 0 Å². The summed E-state index contributed by atoms with van der Waals surface area (Å²) in [5.41, 5.74) is 9.84. The van der Waals surface area contributed by atoms with Gasteiger partial charge in [0.15, 0.2) is 5.84 Å². The number of pyridine rings is 1. The summed E-state index contributed by atoms with van der Waals surface area (Å²) in [7, 11) is 0. The van der Waals surface area contributed by atoms with Crippen molar-refractivity contribution in [3.63, 3.8) is 0 Å². The van der Waals surface area contributed by atoms with Crippen molar-refractivity contribution in [1.29, 1.82) is 0 Å². The third-order valence-electron chi connectivity index (χ3n) is 3.18. The fourth-order valence-electron chi connectivity index (χ4n) is 1.86. The summed E-state index contributed by atoms with van der Waals surface area (Å²) in [5, 5.41) is 12.7. The zero-order chi connectivity index (χ0) is 14.7. The normalized spacial score (nSPS) is 11.7. The lowest BCUT2D eigenvalue weighted by Crippen LogP contribution is -2.16. The summed E-state index contributed by atoms with van der Waals surface area (Å²) in [4.78, 5) is 5.43. The van der Waals surface area contributed by atoms with E-state index in [1.807, 2.05) is 19.1 Å². The largest absolute Gasteiger partial charge is 0.409 e. The Hall–Kier alpha value is -2.01. The number of hydrogen-bond donors (Lipinski definition) is 2. The molecule has 0 radical (unpaired) electrons. The van der Waals surface area contributed by atoms with Crippen LogP contribution in [-0.4, -0.2) is 16.0 Å². The molecule has 0 aliphatic heterocycles. The van der Waals surface area contributed by atoms with Gasteiger partial charge < -0.3 is 10.9 Å². The van der Waals surface area contributed by atoms with E-state index in [2.05, 4.69) is 36.1 Å². The molecule has 20 heavy (non-hydrogen) atoms. The van der Waals surface area contributed by atoms with Gasteiger partial charge in [0.1, 0.15) is 5.03 Å². The van der Waals surface area contributed by atoms with Crippen molar-refractivity contribution in [1.82, 2.24) is 4.98 Å². The number of amidine groups is 1. The summed E-state index contributed by atoms with van der Waals surface area (Å²) in [6.45, 7) is 6.07. The van der Waals surface area contributed by atoms with E-state index < -0.39 is 0 Å². The molecule has 1 aromatic heterocycles. The zero-order valence-corrected chi connectivity index (χ0v) is 12.5. The Labute approximate surface area is 122 Å². The predicted octanol–water partition coefficient (Wildman–Crippen LogP) is 3.25. The van der Waals surface area contributed by atoms with Crippen LogP contribution in [0.25, 0.3) is 0 Å². The number of aryl methyl sites for hydroxylation is 3. The van der Waals surface area contributed by atoms with Crippen molar-refractivity contribution in [3.05, 3.63) is 52.7 Å². The van der Waals surface area contributed by atoms with Gasteiger partial charge in [0, 0.05) is 11.1 Å². The van der Waals surface area contributed by atoms with Gasteiger partial charge in [-0.3, -0.25) is 0 Å². The van der Waals surface area contributed by atoms with Crippen LogP contribution in [0.3, 0.4) is 0 Å². The maximum atomic E-state index is 8.91. The molecule has 0 spiro atoms. The molecule has 104 valence electrons. The number of benzene rings is 1. The van der Waals surface area contributed by atoms with E-state index in [0.29, 0.717) is 5.56 Å². The molecule has 3 N–H and O–H groups in total. The van der Waals surface area contributed by atoms with Gasteiger partial charge in [-0.25, -0.2) is 4.98 Å². The fourth-order valence-corrected chi connectivity index (χ4v) is 2.94. The Balaban J connectivity index is 2.43. The molecule has 0 fully saturated rings. The van der Waals surface area contributed by atoms with Crippen molar-refractivity contribution in [2.45, 2.75) is 30.7 Å². The summed E-state index contributed by atoms with van der Waals surface area (Å²) in [6, 6.07) is 8.08. The number of hydrogen-bond acceptors (Lipinski definition) is 4. The van der Waals surface area contributed by atoms with Gasteiger partial charge in [-0.2, -0.15) is 0 Å². The highest BCUT2D eigenvalue weighted by Crippen LogP contribution is 2.31. The predicted molar refractivity (Wildman–Crippen MR) is 81.5 cm³/mol. The van der Waals surface area contributed by atoms with Gasteiger partial charge in [-0.05, 0) is 55.7 Å². The monoisotopic (exact) mass is 287 g/mol. The standard InChI is InChI=1S/C15H17N3OS/c1-9-4-5-12(8-11(9)3)20-15-13(14(16)18-19)10(2)6-7-17-15/h4-8,19H,1-3H3,(H2,16,18). The summed E-state index contributed by atoms with van der Waals surface area (Å²) < 4.78 is 0. The molecule has 0 saturated carbocycles. The second kappa shape index (κ2) is 5.96. The van der Waals surface area contributed by atoms with Crippen LogP contribution in [0.5, 0.6) is 0 Å². The number of rotatable bonds is 3. The van der Waals surface area contributed by atoms with Crippen molar-refractivity contribution >= 4 is 17.6 Å². The highest BCUT2D eigenvalue weighted by Gasteiger charge is 2.13. The quantitative estimate of drug-likeness (QED) is 0.393. The molecule has 0 aliphatic rings. The van der Waals surface area contributed by atoms with Crippen LogP contribution in [0.1, 0.15) is 22.3 Å². The molecule has 2 aromatic rings. The number of oxime groups is 1. The SMILES string of the molecule is Cc1ccc(Sc2nccc(C)c2/C(N)=N/O)cc1C. The van der Waals surface area contributed by atoms with E-state index in [-0.39, 0.29) is 5.84 Å². The molecule has 0 bridgehead atoms. The third-order valence-corrected chi connectivity index (χ3v) is 4.17. The van der Waals surface area contributed by atoms with Crippen LogP contribution in [-0.2, 0) is 0 Å². The molecule has 0 unspecified atom stereocenters. The lowest BCUT2D eigenvalue weighted by molar-refractivity contribution is 0.318. The van der Waals surface area contributed by atoms with Gasteiger partial charge in [0.05, 0.1) is 5.56 Å². The first-order chi connectivity index (χ1) is 9.52. The second-order valence-corrected chi connectivity index (χ2v) is 5.70. The highest BCUT2D eigenvalue weighted by atomic mass is 32.2. The van der Waals surface area contributed by atoms with Crippen LogP contribution < -0.4 is 5.73 Å². The molecular weight excluding hydrogens is 270 g/mol. The molecule has 0 saturated heterocycles. The minimum Gasteiger partial charge on any atom is -0.409 e. The molecule has 4 nitrogen and oxygen atoms in total. The molecule has 0 aliphatic carbocycles. The molecular formula is C15H17N3OS. The van der Waals surface area contributed by atoms with E-state index >= 15 is 0 Å². The van der Waals surface area contributed by atoms with Gasteiger partial charge in [0.25, 0.3) is 0 Å². The summed E-state index contributed by atoms with van der Waals surface area (Å²) >= 11 is 1.51. The minimum absolute atomic E-state index is 0.0851.